The van der Waals surface area contributed by atoms with Gasteiger partial charge in [-0.1, -0.05) is 42.5 Å². The number of nitrogens with one attached hydrogen (secondary N) is 2. The largest absolute Gasteiger partial charge is 0.363 e. The molecule has 7 rings (SSSR count). The predicted molar refractivity (Wildman–Crippen MR) is 200 cm³/mol. The van der Waals surface area contributed by atoms with Gasteiger partial charge in [-0.2, -0.15) is 0 Å². The average molecular weight is 738 g/mol. The van der Waals surface area contributed by atoms with Crippen molar-refractivity contribution in [3.8, 4) is 11.3 Å². The minimum absolute atomic E-state index is 0.0929. The van der Waals surface area contributed by atoms with E-state index in [1.807, 2.05) is 31.2 Å². The molecule has 2 fully saturated rings. The Morgan fingerprint density at radius 2 is 1.74 bits per heavy atom. The minimum Gasteiger partial charge on any atom is -0.363 e. The fraction of sp³-hybridized carbons (Fsp3) is 0.366. The van der Waals surface area contributed by atoms with Gasteiger partial charge in [-0.25, -0.2) is 23.1 Å². The SMILES string of the molecule is Cc1nc(N[C@H](C)c2cccc(C(F)F)c2F)c2cc(-c3cc(CN4CCC(c5ccc([C@@]6(C)CCC(=O)NC6=O)cc5)CC4)c(=O)n(C)c3)ncc2n1. The first-order valence-corrected chi connectivity index (χ1v) is 18.1. The molecule has 2 aliphatic rings. The van der Waals surface area contributed by atoms with Crippen LogP contribution in [-0.2, 0) is 28.6 Å². The van der Waals surface area contributed by atoms with Crippen LogP contribution in [0.4, 0.5) is 19.0 Å². The Bertz CT molecular complexity index is 2300. The number of anilines is 1. The fourth-order valence-electron chi connectivity index (χ4n) is 7.67. The lowest BCUT2D eigenvalue weighted by Crippen LogP contribution is -2.49. The molecule has 2 atom stereocenters. The summed E-state index contributed by atoms with van der Waals surface area (Å²) in [6, 6.07) is 15.2. The predicted octanol–water partition coefficient (Wildman–Crippen LogP) is 7.02. The molecule has 5 heterocycles. The number of carbonyl (C=O) groups is 2. The van der Waals surface area contributed by atoms with E-state index in [1.54, 1.807) is 37.9 Å². The zero-order chi connectivity index (χ0) is 38.3. The van der Waals surface area contributed by atoms with Gasteiger partial charge in [0.2, 0.25) is 11.8 Å². The Hall–Kier alpha value is -5.43. The molecule has 10 nitrogen and oxygen atoms in total. The maximum Gasteiger partial charge on any atom is 0.266 e. The highest BCUT2D eigenvalue weighted by atomic mass is 19.3. The van der Waals surface area contributed by atoms with Crippen LogP contribution >= 0.6 is 0 Å². The molecule has 2 aromatic carbocycles. The van der Waals surface area contributed by atoms with Gasteiger partial charge in [-0.05, 0) is 82.3 Å². The Labute approximate surface area is 310 Å². The Morgan fingerprint density at radius 1 is 1.02 bits per heavy atom. The van der Waals surface area contributed by atoms with E-state index >= 15 is 4.39 Å². The molecule has 2 aliphatic heterocycles. The van der Waals surface area contributed by atoms with Crippen LogP contribution in [0.3, 0.4) is 0 Å². The van der Waals surface area contributed by atoms with Gasteiger partial charge in [0.05, 0.1) is 34.4 Å². The van der Waals surface area contributed by atoms with Gasteiger partial charge < -0.3 is 9.88 Å². The van der Waals surface area contributed by atoms with E-state index in [-0.39, 0.29) is 22.9 Å². The summed E-state index contributed by atoms with van der Waals surface area (Å²) < 4.78 is 43.4. The average Bonchev–Trinajstić information content (AvgIpc) is 3.15. The van der Waals surface area contributed by atoms with Crippen LogP contribution in [0.5, 0.6) is 0 Å². The van der Waals surface area contributed by atoms with E-state index in [4.69, 9.17) is 0 Å². The minimum atomic E-state index is -2.94. The lowest BCUT2D eigenvalue weighted by molar-refractivity contribution is -0.137. The standard InChI is InChI=1S/C41H42F3N7O3/c1-23(30-6-5-7-31(36(30)42)37(43)44)46-38-32-19-33(45-20-34(32)47-24(2)48-38)27-18-28(39(53)50(4)21-27)22-51-16-13-26(14-17-51)25-8-10-29(11-9-25)41(3)15-12-35(52)49-40(41)54/h5-11,18-21,23,26,37H,12-17,22H2,1-4H3,(H,46,47,48)(H,49,52,54)/t23-,41-/m1/s1. The number of amides is 2. The number of nitrogens with zero attached hydrogens (tertiary/aromatic N) is 5. The second kappa shape index (κ2) is 14.8. The van der Waals surface area contributed by atoms with Crippen LogP contribution in [0.15, 0.2) is 71.8 Å². The van der Waals surface area contributed by atoms with Gasteiger partial charge in [-0.3, -0.25) is 29.6 Å². The van der Waals surface area contributed by atoms with Gasteiger partial charge in [-0.15, -0.1) is 0 Å². The van der Waals surface area contributed by atoms with Crippen LogP contribution < -0.4 is 16.2 Å². The van der Waals surface area contributed by atoms with Crippen LogP contribution in [0.2, 0.25) is 0 Å². The molecule has 0 radical (unpaired) electrons. The second-order valence-corrected chi connectivity index (χ2v) is 14.7. The third-order valence-electron chi connectivity index (χ3n) is 11.0. The van der Waals surface area contributed by atoms with Crippen molar-refractivity contribution in [2.45, 2.75) is 76.8 Å². The molecule has 280 valence electrons. The molecule has 54 heavy (non-hydrogen) atoms. The highest BCUT2D eigenvalue weighted by Gasteiger charge is 2.40. The summed E-state index contributed by atoms with van der Waals surface area (Å²) in [7, 11) is 1.71. The van der Waals surface area contributed by atoms with E-state index in [9.17, 15) is 23.2 Å². The number of pyridine rings is 2. The van der Waals surface area contributed by atoms with E-state index in [2.05, 4.69) is 42.6 Å². The smallest absolute Gasteiger partial charge is 0.266 e. The quantitative estimate of drug-likeness (QED) is 0.155. The van der Waals surface area contributed by atoms with E-state index in [0.717, 1.165) is 43.1 Å². The lowest BCUT2D eigenvalue weighted by Gasteiger charge is -2.34. The zero-order valence-corrected chi connectivity index (χ0v) is 30.6. The summed E-state index contributed by atoms with van der Waals surface area (Å²) in [6.07, 6.45) is 3.08. The van der Waals surface area contributed by atoms with Crippen molar-refractivity contribution >= 4 is 28.5 Å². The topological polar surface area (TPSA) is 122 Å². The first kappa shape index (κ1) is 36.9. The summed E-state index contributed by atoms with van der Waals surface area (Å²) in [5, 5.41) is 6.28. The van der Waals surface area contributed by atoms with E-state index in [0.29, 0.717) is 59.1 Å². The zero-order valence-electron chi connectivity index (χ0n) is 30.6. The van der Waals surface area contributed by atoms with Crippen LogP contribution in [0.25, 0.3) is 22.2 Å². The third-order valence-corrected chi connectivity index (χ3v) is 11.0. The van der Waals surface area contributed by atoms with Gasteiger partial charge in [0.25, 0.3) is 12.0 Å². The van der Waals surface area contributed by atoms with Crippen molar-refractivity contribution in [2.24, 2.45) is 7.05 Å². The number of piperidine rings is 2. The molecule has 0 aliphatic carbocycles. The molecule has 2 amide bonds. The number of carbonyl (C=O) groups excluding carboxylic acids is 2. The molecule has 13 heteroatoms. The van der Waals surface area contributed by atoms with Crippen molar-refractivity contribution in [1.82, 2.24) is 29.7 Å². The molecule has 0 saturated carbocycles. The number of aromatic nitrogens is 4. The number of alkyl halides is 2. The summed E-state index contributed by atoms with van der Waals surface area (Å²) in [5.41, 5.74) is 3.24. The molecular weight excluding hydrogens is 695 g/mol. The van der Waals surface area contributed by atoms with Crippen molar-refractivity contribution in [2.75, 3.05) is 18.4 Å². The number of halogens is 3. The van der Waals surface area contributed by atoms with Crippen molar-refractivity contribution in [3.63, 3.8) is 0 Å². The molecule has 0 unspecified atom stereocenters. The Balaban J connectivity index is 1.07. The Kier molecular flexibility index (Phi) is 10.1. The maximum absolute atomic E-state index is 15.0. The van der Waals surface area contributed by atoms with Gasteiger partial charge in [0.1, 0.15) is 17.5 Å². The molecular formula is C41H42F3N7O3. The highest BCUT2D eigenvalue weighted by Crippen LogP contribution is 2.36. The van der Waals surface area contributed by atoms with E-state index < -0.39 is 29.3 Å². The number of hydrogen-bond acceptors (Lipinski definition) is 8. The van der Waals surface area contributed by atoms with Crippen molar-refractivity contribution in [3.05, 3.63) is 117 Å². The molecule has 0 bridgehead atoms. The van der Waals surface area contributed by atoms with E-state index in [1.165, 1.54) is 17.7 Å². The molecule has 3 aromatic heterocycles. The molecule has 2 saturated heterocycles. The van der Waals surface area contributed by atoms with Crippen LogP contribution in [0.1, 0.15) is 91.6 Å². The normalized spacial score (nSPS) is 19.0. The summed E-state index contributed by atoms with van der Waals surface area (Å²) >= 11 is 0. The van der Waals surface area contributed by atoms with Crippen molar-refractivity contribution < 1.29 is 22.8 Å². The monoisotopic (exact) mass is 737 g/mol. The number of hydrogen-bond donors (Lipinski definition) is 2. The number of fused-ring (bicyclic) bond motifs is 1. The van der Waals surface area contributed by atoms with Crippen LogP contribution in [0, 0.1) is 12.7 Å². The maximum atomic E-state index is 15.0. The van der Waals surface area contributed by atoms with Gasteiger partial charge in [0.15, 0.2) is 0 Å². The Morgan fingerprint density at radius 3 is 2.44 bits per heavy atom. The number of rotatable bonds is 9. The number of aryl methyl sites for hydroxylation is 2. The number of benzene rings is 2. The lowest BCUT2D eigenvalue weighted by atomic mass is 9.75. The highest BCUT2D eigenvalue weighted by molar-refractivity contribution is 6.03. The van der Waals surface area contributed by atoms with Crippen molar-refractivity contribution in [1.29, 1.82) is 0 Å². The van der Waals surface area contributed by atoms with Gasteiger partial charge >= 0.3 is 0 Å². The van der Waals surface area contributed by atoms with Gasteiger partial charge in [0, 0.05) is 48.3 Å². The third kappa shape index (κ3) is 7.24. The summed E-state index contributed by atoms with van der Waals surface area (Å²) in [6.45, 7) is 7.38. The fourth-order valence-corrected chi connectivity index (χ4v) is 7.67. The number of likely N-dealkylation sites (tertiary alicyclic amines) is 1. The number of imide groups is 1. The molecule has 5 aromatic rings. The summed E-state index contributed by atoms with van der Waals surface area (Å²) in [5.74, 6) is -0.223. The second-order valence-electron chi connectivity index (χ2n) is 14.7. The van der Waals surface area contributed by atoms with Crippen LogP contribution in [-0.4, -0.2) is 49.3 Å². The molecule has 0 spiro atoms. The first-order valence-electron chi connectivity index (χ1n) is 18.1. The molecule has 2 N–H and O–H groups in total. The first-order chi connectivity index (χ1) is 25.8. The summed E-state index contributed by atoms with van der Waals surface area (Å²) in [4.78, 5) is 53.7.